The Labute approximate surface area is 196 Å². The van der Waals surface area contributed by atoms with E-state index in [0.29, 0.717) is 5.69 Å². The Morgan fingerprint density at radius 3 is 2.55 bits per heavy atom. The average Bonchev–Trinajstić information content (AvgIpc) is 3.08. The molecule has 0 spiro atoms. The number of aryl methyl sites for hydroxylation is 1. The lowest BCUT2D eigenvalue weighted by molar-refractivity contribution is 0.0658. The highest BCUT2D eigenvalue weighted by atomic mass is 16.2. The predicted molar refractivity (Wildman–Crippen MR) is 134 cm³/mol. The number of pyridine rings is 1. The van der Waals surface area contributed by atoms with Crippen molar-refractivity contribution in [1.82, 2.24) is 19.4 Å². The molecule has 3 aromatic rings. The fourth-order valence-corrected chi connectivity index (χ4v) is 5.18. The molecule has 0 atom stereocenters. The second kappa shape index (κ2) is 8.67. The molecular formula is C27H33N5O. The standard InChI is InChI=1S/C27H33N5O/c1-5-11-32-20(3)19(2)23-17-24(27(33)30-15-13-29(4)14-16-30)28-26(25(23)32)31-12-10-21-8-6-7-9-22(21)18-31/h5-9,17H,1,10-16,18H2,2-4H3. The molecule has 0 N–H and O–H groups in total. The summed E-state index contributed by atoms with van der Waals surface area (Å²) >= 11 is 0. The molecule has 1 amide bonds. The van der Waals surface area contributed by atoms with Gasteiger partial charge in [-0.15, -0.1) is 6.58 Å². The maximum absolute atomic E-state index is 13.5. The van der Waals surface area contributed by atoms with Crippen molar-refractivity contribution in [3.05, 3.63) is 71.1 Å². The van der Waals surface area contributed by atoms with Gasteiger partial charge >= 0.3 is 0 Å². The number of carbonyl (C=O) groups is 1. The Morgan fingerprint density at radius 1 is 1.09 bits per heavy atom. The van der Waals surface area contributed by atoms with E-state index in [-0.39, 0.29) is 5.91 Å². The number of rotatable bonds is 4. The van der Waals surface area contributed by atoms with Gasteiger partial charge in [-0.1, -0.05) is 30.3 Å². The molecule has 1 aromatic carbocycles. The number of amides is 1. The molecule has 2 aliphatic rings. The van der Waals surface area contributed by atoms with Crippen LogP contribution in [-0.4, -0.2) is 65.0 Å². The molecule has 6 heteroatoms. The summed E-state index contributed by atoms with van der Waals surface area (Å²) in [6.07, 6.45) is 2.92. The molecule has 6 nitrogen and oxygen atoms in total. The third kappa shape index (κ3) is 3.82. The van der Waals surface area contributed by atoms with Gasteiger partial charge in [-0.05, 0) is 50.1 Å². The number of allylic oxidation sites excluding steroid dienone is 1. The average molecular weight is 444 g/mol. The van der Waals surface area contributed by atoms with E-state index in [4.69, 9.17) is 4.98 Å². The molecular weight excluding hydrogens is 410 g/mol. The Kier molecular flexibility index (Phi) is 5.71. The first-order valence-electron chi connectivity index (χ1n) is 11.9. The summed E-state index contributed by atoms with van der Waals surface area (Å²) in [5, 5.41) is 1.12. The molecule has 4 heterocycles. The van der Waals surface area contributed by atoms with E-state index >= 15 is 0 Å². The molecule has 1 fully saturated rings. The van der Waals surface area contributed by atoms with E-state index in [0.717, 1.165) is 69.0 Å². The predicted octanol–water partition coefficient (Wildman–Crippen LogP) is 3.79. The number of anilines is 1. The second-order valence-electron chi connectivity index (χ2n) is 9.37. The summed E-state index contributed by atoms with van der Waals surface area (Å²) in [7, 11) is 2.10. The van der Waals surface area contributed by atoms with Crippen LogP contribution in [0.4, 0.5) is 5.82 Å². The van der Waals surface area contributed by atoms with E-state index in [2.05, 4.69) is 66.1 Å². The number of fused-ring (bicyclic) bond motifs is 2. The van der Waals surface area contributed by atoms with E-state index in [1.54, 1.807) is 0 Å². The zero-order chi connectivity index (χ0) is 23.1. The zero-order valence-corrected chi connectivity index (χ0v) is 20.0. The smallest absolute Gasteiger partial charge is 0.272 e. The van der Waals surface area contributed by atoms with Gasteiger partial charge in [0.25, 0.3) is 5.91 Å². The largest absolute Gasteiger partial charge is 0.350 e. The minimum absolute atomic E-state index is 0.0391. The number of carbonyl (C=O) groups excluding carboxylic acids is 1. The topological polar surface area (TPSA) is 44.6 Å². The van der Waals surface area contributed by atoms with Crippen LogP contribution >= 0.6 is 0 Å². The number of nitrogens with zero attached hydrogens (tertiary/aromatic N) is 5. The van der Waals surface area contributed by atoms with Gasteiger partial charge in [0.1, 0.15) is 5.69 Å². The summed E-state index contributed by atoms with van der Waals surface area (Å²) in [6, 6.07) is 10.7. The first-order valence-corrected chi connectivity index (χ1v) is 11.9. The molecule has 172 valence electrons. The van der Waals surface area contributed by atoms with Gasteiger partial charge in [0.05, 0.1) is 5.52 Å². The maximum atomic E-state index is 13.5. The number of aromatic nitrogens is 2. The fraction of sp³-hybridized carbons (Fsp3) is 0.407. The van der Waals surface area contributed by atoms with Crippen LogP contribution in [0.15, 0.2) is 43.0 Å². The minimum atomic E-state index is 0.0391. The summed E-state index contributed by atoms with van der Waals surface area (Å²) in [4.78, 5) is 25.1. The first kappa shape index (κ1) is 21.7. The third-order valence-electron chi connectivity index (χ3n) is 7.35. The molecule has 0 unspecified atom stereocenters. The lowest BCUT2D eigenvalue weighted by Gasteiger charge is -2.33. The number of piperazine rings is 1. The number of benzene rings is 1. The van der Waals surface area contributed by atoms with Gasteiger partial charge in [0, 0.05) is 56.9 Å². The summed E-state index contributed by atoms with van der Waals surface area (Å²) in [6.45, 7) is 14.0. The van der Waals surface area contributed by atoms with Crippen LogP contribution in [0.25, 0.3) is 10.9 Å². The van der Waals surface area contributed by atoms with Crippen LogP contribution in [0.1, 0.15) is 32.9 Å². The maximum Gasteiger partial charge on any atom is 0.272 e. The van der Waals surface area contributed by atoms with Crippen molar-refractivity contribution in [2.45, 2.75) is 33.4 Å². The van der Waals surface area contributed by atoms with E-state index in [9.17, 15) is 4.79 Å². The van der Waals surface area contributed by atoms with Gasteiger partial charge in [-0.3, -0.25) is 4.79 Å². The Balaban J connectivity index is 1.63. The first-order chi connectivity index (χ1) is 16.0. The van der Waals surface area contributed by atoms with Crippen LogP contribution in [0.3, 0.4) is 0 Å². The summed E-state index contributed by atoms with van der Waals surface area (Å²) in [5.74, 6) is 0.953. The van der Waals surface area contributed by atoms with Gasteiger partial charge in [0.15, 0.2) is 5.82 Å². The SMILES string of the molecule is C=CCn1c(C)c(C)c2cc(C(=O)N3CCN(C)CC3)nc(N3CCc4ccccc4C3)c21. The molecule has 1 saturated heterocycles. The lowest BCUT2D eigenvalue weighted by atomic mass is 10.00. The number of hydrogen-bond acceptors (Lipinski definition) is 4. The second-order valence-corrected chi connectivity index (χ2v) is 9.37. The molecule has 2 aliphatic heterocycles. The Hall–Kier alpha value is -3.12. The van der Waals surface area contributed by atoms with Crippen molar-refractivity contribution in [3.8, 4) is 0 Å². The van der Waals surface area contributed by atoms with Crippen molar-refractivity contribution in [2.24, 2.45) is 0 Å². The van der Waals surface area contributed by atoms with Crippen LogP contribution in [0.5, 0.6) is 0 Å². The monoisotopic (exact) mass is 443 g/mol. The molecule has 33 heavy (non-hydrogen) atoms. The van der Waals surface area contributed by atoms with Gasteiger partial charge in [0.2, 0.25) is 0 Å². The van der Waals surface area contributed by atoms with Crippen molar-refractivity contribution in [2.75, 3.05) is 44.7 Å². The fourth-order valence-electron chi connectivity index (χ4n) is 5.18. The Bertz CT molecular complexity index is 1220. The molecule has 2 aromatic heterocycles. The summed E-state index contributed by atoms with van der Waals surface area (Å²) < 4.78 is 2.30. The lowest BCUT2D eigenvalue weighted by Crippen LogP contribution is -2.47. The highest BCUT2D eigenvalue weighted by Gasteiger charge is 2.27. The molecule has 0 saturated carbocycles. The highest BCUT2D eigenvalue weighted by molar-refractivity contribution is 6.01. The van der Waals surface area contributed by atoms with E-state index in [1.807, 2.05) is 17.0 Å². The molecule has 0 aliphatic carbocycles. The van der Waals surface area contributed by atoms with Gasteiger partial charge in [-0.25, -0.2) is 4.98 Å². The number of hydrogen-bond donors (Lipinski definition) is 0. The van der Waals surface area contributed by atoms with Gasteiger partial charge < -0.3 is 19.3 Å². The quantitative estimate of drug-likeness (QED) is 0.576. The number of likely N-dealkylation sites (N-methyl/N-ethyl adjacent to an activating group) is 1. The van der Waals surface area contributed by atoms with E-state index < -0.39 is 0 Å². The normalized spacial score (nSPS) is 16.8. The van der Waals surface area contributed by atoms with E-state index in [1.165, 1.54) is 22.4 Å². The van der Waals surface area contributed by atoms with Crippen LogP contribution in [0.2, 0.25) is 0 Å². The molecule has 0 radical (unpaired) electrons. The van der Waals surface area contributed by atoms with Crippen LogP contribution in [0, 0.1) is 13.8 Å². The highest BCUT2D eigenvalue weighted by Crippen LogP contribution is 2.35. The van der Waals surface area contributed by atoms with Crippen LogP contribution in [-0.2, 0) is 19.5 Å². The third-order valence-corrected chi connectivity index (χ3v) is 7.35. The summed E-state index contributed by atoms with van der Waals surface area (Å²) in [5.41, 5.74) is 6.82. The molecule has 0 bridgehead atoms. The van der Waals surface area contributed by atoms with Crippen molar-refractivity contribution >= 4 is 22.6 Å². The van der Waals surface area contributed by atoms with Crippen molar-refractivity contribution in [3.63, 3.8) is 0 Å². The van der Waals surface area contributed by atoms with Crippen molar-refractivity contribution < 1.29 is 4.79 Å². The van der Waals surface area contributed by atoms with Crippen molar-refractivity contribution in [1.29, 1.82) is 0 Å². The minimum Gasteiger partial charge on any atom is -0.350 e. The molecule has 5 rings (SSSR count). The Morgan fingerprint density at radius 2 is 1.82 bits per heavy atom. The van der Waals surface area contributed by atoms with Crippen LogP contribution < -0.4 is 4.90 Å². The zero-order valence-electron chi connectivity index (χ0n) is 20.0. The van der Waals surface area contributed by atoms with Gasteiger partial charge in [-0.2, -0.15) is 0 Å².